The summed E-state index contributed by atoms with van der Waals surface area (Å²) in [6.07, 6.45) is 21.4. The van der Waals surface area contributed by atoms with E-state index in [9.17, 15) is 0 Å². The first-order valence-corrected chi connectivity index (χ1v) is 16.5. The van der Waals surface area contributed by atoms with Crippen LogP contribution in [0, 0.1) is 0 Å². The van der Waals surface area contributed by atoms with Crippen LogP contribution in [0.2, 0.25) is 0 Å². The zero-order chi connectivity index (χ0) is 27.1. The molecule has 0 saturated carbocycles. The highest BCUT2D eigenvalue weighted by Gasteiger charge is 2.06. The molecule has 0 heterocycles. The van der Waals surface area contributed by atoms with Gasteiger partial charge in [-0.2, -0.15) is 0 Å². The van der Waals surface area contributed by atoms with Gasteiger partial charge in [0.2, 0.25) is 0 Å². The third-order valence-corrected chi connectivity index (χ3v) is 7.16. The Hall–Kier alpha value is -0.200. The number of unbranched alkanes of at least 4 members (excludes halogenated alkanes) is 12. The van der Waals surface area contributed by atoms with E-state index in [0.717, 1.165) is 26.3 Å². The average molecular weight is 529 g/mol. The predicted octanol–water partition coefficient (Wildman–Crippen LogP) is 7.96. The minimum atomic E-state index is 0.664. The van der Waals surface area contributed by atoms with Crippen LogP contribution in [0.4, 0.5) is 0 Å². The van der Waals surface area contributed by atoms with Crippen molar-refractivity contribution in [3.63, 3.8) is 0 Å². The van der Waals surface area contributed by atoms with E-state index in [0.29, 0.717) is 26.4 Å². The quantitative estimate of drug-likeness (QED) is 0.0827. The maximum Gasteiger partial charge on any atom is 0.0701 e. The van der Waals surface area contributed by atoms with Gasteiger partial charge in [0.05, 0.1) is 39.6 Å². The zero-order valence-electron chi connectivity index (χ0n) is 25.9. The van der Waals surface area contributed by atoms with Gasteiger partial charge in [0.25, 0.3) is 0 Å². The van der Waals surface area contributed by atoms with Gasteiger partial charge < -0.3 is 24.0 Å². The summed E-state index contributed by atoms with van der Waals surface area (Å²) >= 11 is 0. The SMILES string of the molecule is CCCCCCN(CCCCCC)CCOCCOCCOCCN(CCCCCC)CCCCCC. The van der Waals surface area contributed by atoms with Crippen LogP contribution in [0.1, 0.15) is 130 Å². The summed E-state index contributed by atoms with van der Waals surface area (Å²) in [4.78, 5) is 5.22. The lowest BCUT2D eigenvalue weighted by Crippen LogP contribution is -2.30. The maximum absolute atomic E-state index is 5.87. The molecule has 0 amide bonds. The standard InChI is InChI=1S/C32H68N2O3/c1-5-9-13-17-21-33(22-18-14-10-6-2)25-27-35-29-31-37-32-30-36-28-26-34(23-19-15-11-7-3)24-20-16-12-8-4/h5-32H2,1-4H3. The molecule has 0 rings (SSSR count). The Kier molecular flexibility index (Phi) is 31.8. The maximum atomic E-state index is 5.87. The molecule has 0 atom stereocenters. The van der Waals surface area contributed by atoms with Gasteiger partial charge in [0, 0.05) is 13.1 Å². The topological polar surface area (TPSA) is 34.2 Å². The molecule has 0 fully saturated rings. The number of ether oxygens (including phenoxy) is 3. The van der Waals surface area contributed by atoms with Crippen molar-refractivity contribution in [2.24, 2.45) is 0 Å². The van der Waals surface area contributed by atoms with Crippen molar-refractivity contribution >= 4 is 0 Å². The molecule has 0 aliphatic heterocycles. The van der Waals surface area contributed by atoms with Crippen LogP contribution in [0.5, 0.6) is 0 Å². The van der Waals surface area contributed by atoms with Crippen LogP contribution in [0.25, 0.3) is 0 Å². The summed E-state index contributed by atoms with van der Waals surface area (Å²) in [5.74, 6) is 0. The summed E-state index contributed by atoms with van der Waals surface area (Å²) in [5, 5.41) is 0. The van der Waals surface area contributed by atoms with Crippen LogP contribution in [-0.4, -0.2) is 88.7 Å². The van der Waals surface area contributed by atoms with Gasteiger partial charge in [-0.25, -0.2) is 0 Å². The van der Waals surface area contributed by atoms with Gasteiger partial charge >= 0.3 is 0 Å². The van der Waals surface area contributed by atoms with Gasteiger partial charge in [-0.1, -0.05) is 105 Å². The third-order valence-electron chi connectivity index (χ3n) is 7.16. The van der Waals surface area contributed by atoms with E-state index in [1.807, 2.05) is 0 Å². The highest BCUT2D eigenvalue weighted by molar-refractivity contribution is 4.60. The molecule has 0 bridgehead atoms. The molecule has 5 heteroatoms. The Morgan fingerprint density at radius 1 is 0.297 bits per heavy atom. The molecule has 0 aliphatic carbocycles. The van der Waals surface area contributed by atoms with E-state index < -0.39 is 0 Å². The van der Waals surface area contributed by atoms with Crippen LogP contribution in [-0.2, 0) is 14.2 Å². The number of rotatable bonds is 32. The normalized spacial score (nSPS) is 11.8. The van der Waals surface area contributed by atoms with E-state index in [1.54, 1.807) is 0 Å². The number of hydrogen-bond acceptors (Lipinski definition) is 5. The molecule has 224 valence electrons. The van der Waals surface area contributed by atoms with Crippen molar-refractivity contribution < 1.29 is 14.2 Å². The molecule has 0 saturated heterocycles. The van der Waals surface area contributed by atoms with Gasteiger partial charge in [-0.3, -0.25) is 0 Å². The molecule has 0 N–H and O–H groups in total. The lowest BCUT2D eigenvalue weighted by Gasteiger charge is -2.22. The van der Waals surface area contributed by atoms with Gasteiger partial charge in [-0.05, 0) is 51.9 Å². The fourth-order valence-corrected chi connectivity index (χ4v) is 4.65. The van der Waals surface area contributed by atoms with Crippen molar-refractivity contribution in [2.45, 2.75) is 130 Å². The van der Waals surface area contributed by atoms with E-state index in [4.69, 9.17) is 14.2 Å². The molecule has 5 nitrogen and oxygen atoms in total. The second kappa shape index (κ2) is 32.0. The molecule has 0 spiro atoms. The van der Waals surface area contributed by atoms with Crippen LogP contribution in [0.15, 0.2) is 0 Å². The zero-order valence-corrected chi connectivity index (χ0v) is 25.9. The smallest absolute Gasteiger partial charge is 0.0701 e. The lowest BCUT2D eigenvalue weighted by molar-refractivity contribution is 0.00687. The molecular formula is C32H68N2O3. The first-order valence-electron chi connectivity index (χ1n) is 16.5. The summed E-state index contributed by atoms with van der Waals surface area (Å²) in [5.41, 5.74) is 0. The highest BCUT2D eigenvalue weighted by atomic mass is 16.5. The van der Waals surface area contributed by atoms with Crippen LogP contribution >= 0.6 is 0 Å². The molecule has 0 aromatic rings. The largest absolute Gasteiger partial charge is 0.378 e. The van der Waals surface area contributed by atoms with Crippen molar-refractivity contribution in [1.29, 1.82) is 0 Å². The van der Waals surface area contributed by atoms with E-state index in [1.165, 1.54) is 129 Å². The van der Waals surface area contributed by atoms with E-state index in [2.05, 4.69) is 37.5 Å². The fourth-order valence-electron chi connectivity index (χ4n) is 4.65. The molecular weight excluding hydrogens is 460 g/mol. The van der Waals surface area contributed by atoms with E-state index >= 15 is 0 Å². The van der Waals surface area contributed by atoms with Gasteiger partial charge in [0.15, 0.2) is 0 Å². The summed E-state index contributed by atoms with van der Waals surface area (Å²) in [6.45, 7) is 20.4. The fraction of sp³-hybridized carbons (Fsp3) is 1.00. The van der Waals surface area contributed by atoms with Crippen molar-refractivity contribution in [2.75, 3.05) is 78.9 Å². The lowest BCUT2D eigenvalue weighted by atomic mass is 10.1. The van der Waals surface area contributed by atoms with Crippen molar-refractivity contribution in [1.82, 2.24) is 9.80 Å². The predicted molar refractivity (Wildman–Crippen MR) is 162 cm³/mol. The average Bonchev–Trinajstić information content (AvgIpc) is 2.91. The van der Waals surface area contributed by atoms with Crippen molar-refractivity contribution in [3.05, 3.63) is 0 Å². The third kappa shape index (κ3) is 28.6. The monoisotopic (exact) mass is 529 g/mol. The molecule has 37 heavy (non-hydrogen) atoms. The first kappa shape index (κ1) is 36.8. The minimum Gasteiger partial charge on any atom is -0.378 e. The Balaban J connectivity index is 3.79. The van der Waals surface area contributed by atoms with Gasteiger partial charge in [0.1, 0.15) is 0 Å². The van der Waals surface area contributed by atoms with Crippen molar-refractivity contribution in [3.8, 4) is 0 Å². The van der Waals surface area contributed by atoms with Crippen LogP contribution < -0.4 is 0 Å². The number of nitrogens with zero attached hydrogens (tertiary/aromatic N) is 2. The second-order valence-electron chi connectivity index (χ2n) is 10.8. The minimum absolute atomic E-state index is 0.664. The molecule has 0 unspecified atom stereocenters. The first-order chi connectivity index (χ1) is 18.3. The van der Waals surface area contributed by atoms with Crippen LogP contribution in [0.3, 0.4) is 0 Å². The van der Waals surface area contributed by atoms with Gasteiger partial charge in [-0.15, -0.1) is 0 Å². The Bertz CT molecular complexity index is 351. The molecule has 0 aromatic heterocycles. The van der Waals surface area contributed by atoms with E-state index in [-0.39, 0.29) is 0 Å². The highest BCUT2D eigenvalue weighted by Crippen LogP contribution is 2.07. The Morgan fingerprint density at radius 2 is 0.568 bits per heavy atom. The Morgan fingerprint density at radius 3 is 0.838 bits per heavy atom. The molecule has 0 aromatic carbocycles. The summed E-state index contributed by atoms with van der Waals surface area (Å²) in [7, 11) is 0. The molecule has 0 aliphatic rings. The summed E-state index contributed by atoms with van der Waals surface area (Å²) < 4.78 is 17.5. The number of hydrogen-bond donors (Lipinski definition) is 0. The second-order valence-corrected chi connectivity index (χ2v) is 10.8. The Labute approximate surface area is 233 Å². The summed E-state index contributed by atoms with van der Waals surface area (Å²) in [6, 6.07) is 0. The molecule has 0 radical (unpaired) electrons.